The Labute approximate surface area is 840 Å². The number of pyridine rings is 9. The summed E-state index contributed by atoms with van der Waals surface area (Å²) in [7, 11) is 0. The van der Waals surface area contributed by atoms with Gasteiger partial charge >= 0.3 is 0 Å². The first-order valence-corrected chi connectivity index (χ1v) is 49.2. The van der Waals surface area contributed by atoms with Crippen LogP contribution in [-0.2, 0) is 5.41 Å². The first-order valence-electron chi connectivity index (χ1n) is 49.2. The summed E-state index contributed by atoms with van der Waals surface area (Å²) >= 11 is 0. The molecule has 12 heterocycles. The van der Waals surface area contributed by atoms with Crippen molar-refractivity contribution in [2.24, 2.45) is 0 Å². The minimum Gasteiger partial charge on any atom is -0.309 e. The zero-order chi connectivity index (χ0) is 97.5. The van der Waals surface area contributed by atoms with E-state index in [1.165, 1.54) is 104 Å². The molecule has 0 unspecified atom stereocenters. The van der Waals surface area contributed by atoms with Gasteiger partial charge in [0.05, 0.1) is 78.8 Å². The van der Waals surface area contributed by atoms with Crippen LogP contribution in [-0.4, -0.2) is 58.6 Å². The Morgan fingerprint density at radius 2 is 0.610 bits per heavy atom. The van der Waals surface area contributed by atoms with Crippen molar-refractivity contribution in [3.8, 4) is 130 Å². The molecular weight excluding hydrogens is 1780 g/mol. The summed E-state index contributed by atoms with van der Waals surface area (Å²) < 4.78 is 21.0. The van der Waals surface area contributed by atoms with E-state index < -0.39 is 5.95 Å². The van der Waals surface area contributed by atoms with Gasteiger partial charge in [-0.15, -0.1) is 0 Å². The maximum Gasteiger partial charge on any atom is 0.214 e. The smallest absolute Gasteiger partial charge is 0.214 e. The molecule has 688 valence electrons. The second kappa shape index (κ2) is 36.4. The normalized spacial score (nSPS) is 11.7. The third-order valence-electron chi connectivity index (χ3n) is 28.3. The third kappa shape index (κ3) is 15.6. The molecule has 0 spiro atoms. The fraction of sp³-hybridized carbons (Fsp3) is 0.0301. The molecule has 0 fully saturated rings. The Balaban J connectivity index is 0.000000111. The van der Waals surface area contributed by atoms with E-state index in [9.17, 15) is 4.39 Å². The van der Waals surface area contributed by atoms with Crippen molar-refractivity contribution in [1.82, 2.24) is 58.6 Å². The first-order chi connectivity index (χ1) is 72.0. The minimum atomic E-state index is -0.499. The lowest BCUT2D eigenvalue weighted by Gasteiger charge is -2.26. The van der Waals surface area contributed by atoms with Crippen molar-refractivity contribution >= 4 is 130 Å². The van der Waals surface area contributed by atoms with Crippen LogP contribution in [0.3, 0.4) is 0 Å². The van der Waals surface area contributed by atoms with Crippen molar-refractivity contribution in [2.75, 3.05) is 0 Å². The van der Waals surface area contributed by atoms with Crippen LogP contribution in [0.5, 0.6) is 0 Å². The molecule has 16 aromatic carbocycles. The summed E-state index contributed by atoms with van der Waals surface area (Å²) in [5.41, 5.74) is 30.5. The molecular formula is C133H89FN12. The SMILES string of the molecule is CC(C)(C)c1c2ccccc2c(-c2cc(-c3cccc(-n4c5ccccc5c5cccnc54)c3)cc(-c3ccccn3)n2)c2ccccc12.Fc1cc2c(cn1)c1ccccc1n2-c1ccc(-c2cc(-c3ccc4c(ccc5ccccc54)c3)nc(-c3ccccn3)c2)cc1.c1ccc(-c2c3ccccc3c(-c3cc(-c4ccc(-n5c6ccccc6c6cnccc65)cc4)nc(-c4ccccn4)c3)c3ccccc23)cc1. The van der Waals surface area contributed by atoms with Gasteiger partial charge in [-0.05, 0) is 272 Å². The molecule has 13 heteroatoms. The predicted molar refractivity (Wildman–Crippen MR) is 601 cm³/mol. The summed E-state index contributed by atoms with van der Waals surface area (Å²) in [6.07, 6.45) is 12.8. The lowest BCUT2D eigenvalue weighted by atomic mass is 9.78. The molecule has 0 saturated carbocycles. The highest BCUT2D eigenvalue weighted by atomic mass is 19.1. The van der Waals surface area contributed by atoms with Gasteiger partial charge in [0, 0.05) is 116 Å². The molecule has 0 aliphatic heterocycles. The molecule has 0 amide bonds. The van der Waals surface area contributed by atoms with Gasteiger partial charge in [-0.2, -0.15) is 4.39 Å². The van der Waals surface area contributed by atoms with Crippen LogP contribution in [0.2, 0.25) is 0 Å². The summed E-state index contributed by atoms with van der Waals surface area (Å²) in [5.74, 6) is -0.499. The fourth-order valence-corrected chi connectivity index (χ4v) is 21.8. The largest absolute Gasteiger partial charge is 0.309 e. The van der Waals surface area contributed by atoms with Crippen LogP contribution in [0.4, 0.5) is 4.39 Å². The van der Waals surface area contributed by atoms with E-state index in [4.69, 9.17) is 29.9 Å². The van der Waals surface area contributed by atoms with E-state index in [1.807, 2.05) is 104 Å². The molecule has 0 aliphatic carbocycles. The highest BCUT2D eigenvalue weighted by Gasteiger charge is 2.28. The number of halogens is 1. The summed E-state index contributed by atoms with van der Waals surface area (Å²) in [6.45, 7) is 6.91. The number of fused-ring (bicyclic) bond motifs is 16. The average Bonchev–Trinajstić information content (AvgIpc) is 1.31. The van der Waals surface area contributed by atoms with E-state index in [-0.39, 0.29) is 5.41 Å². The zero-order valence-corrected chi connectivity index (χ0v) is 79.9. The van der Waals surface area contributed by atoms with Gasteiger partial charge in [0.15, 0.2) is 0 Å². The fourth-order valence-electron chi connectivity index (χ4n) is 21.8. The van der Waals surface area contributed by atoms with Crippen molar-refractivity contribution < 1.29 is 4.39 Å². The molecule has 12 nitrogen and oxygen atoms in total. The molecule has 0 radical (unpaired) electrons. The van der Waals surface area contributed by atoms with Crippen molar-refractivity contribution in [1.29, 1.82) is 0 Å². The van der Waals surface area contributed by atoms with Gasteiger partial charge in [0.1, 0.15) is 5.65 Å². The predicted octanol–water partition coefficient (Wildman–Crippen LogP) is 33.9. The van der Waals surface area contributed by atoms with Gasteiger partial charge < -0.3 is 9.13 Å². The molecule has 12 aromatic heterocycles. The number of rotatable bonds is 13. The molecule has 0 atom stereocenters. The molecule has 0 bridgehead atoms. The number of benzene rings is 16. The maximum atomic E-state index is 14.3. The number of hydrogen-bond donors (Lipinski definition) is 0. The third-order valence-corrected chi connectivity index (χ3v) is 28.3. The lowest BCUT2D eigenvalue weighted by molar-refractivity contribution is 0.586. The average molecular weight is 1870 g/mol. The maximum absolute atomic E-state index is 14.3. The minimum absolute atomic E-state index is 0.0474. The van der Waals surface area contributed by atoms with Gasteiger partial charge in [-0.1, -0.05) is 306 Å². The second-order valence-corrected chi connectivity index (χ2v) is 38.0. The summed E-state index contributed by atoms with van der Waals surface area (Å²) in [4.78, 5) is 43.0. The van der Waals surface area contributed by atoms with Crippen LogP contribution in [0, 0.1) is 5.95 Å². The van der Waals surface area contributed by atoms with Crippen LogP contribution >= 0.6 is 0 Å². The molecule has 146 heavy (non-hydrogen) atoms. The lowest BCUT2D eigenvalue weighted by Crippen LogP contribution is -2.13. The Morgan fingerprint density at radius 1 is 0.199 bits per heavy atom. The van der Waals surface area contributed by atoms with Gasteiger partial charge in [0.2, 0.25) is 5.95 Å². The summed E-state index contributed by atoms with van der Waals surface area (Å²) in [5, 5.41) is 21.3. The van der Waals surface area contributed by atoms with Crippen LogP contribution < -0.4 is 0 Å². The highest BCUT2D eigenvalue weighted by molar-refractivity contribution is 6.23. The first kappa shape index (κ1) is 87.0. The van der Waals surface area contributed by atoms with Crippen molar-refractivity contribution in [3.63, 3.8) is 0 Å². The zero-order valence-electron chi connectivity index (χ0n) is 79.9. The number of hydrogen-bond acceptors (Lipinski definition) is 9. The Bertz CT molecular complexity index is 9770. The number of para-hydroxylation sites is 3. The number of aromatic nitrogens is 12. The van der Waals surface area contributed by atoms with E-state index >= 15 is 0 Å². The molecule has 0 N–H and O–H groups in total. The summed E-state index contributed by atoms with van der Waals surface area (Å²) in [6, 6.07) is 155. The number of nitrogens with zero attached hydrogens (tertiary/aromatic N) is 12. The highest BCUT2D eigenvalue weighted by Crippen LogP contribution is 2.49. The standard InChI is InChI=1S/C47H30N4.C45H34N4.C41H25FN4/c1-2-12-32(13-3-1)46-36-15-4-6-17-38(36)47(39-18-7-5-16-37(39)46)33-28-42(50-43(29-33)41-19-10-11-26-49-41)31-21-23-34(24-22-31)51-44-20-9-8-14-35(44)40-30-48-27-25-45(40)51;1-45(2,3)43-35-19-6-4-17-33(35)42(34-18-5-7-20-36(34)43)40-28-30(27-39(48-40)38-22-10-11-24-46-38)29-14-12-15-31(26-29)49-41-23-9-8-16-32(41)37-21-13-25-47-44(37)49;42-41-24-40-35(25-44-41)34-9-3-4-11-39(34)46(40)31-17-14-26(15-18-31)30-22-37(45-38(23-30)36-10-5-6-20-43-36)29-16-19-33-28(21-29)13-12-27-7-1-2-8-32(27)33/h1-30H;4-28H,1-3H3;1-25H. The Morgan fingerprint density at radius 3 is 1.19 bits per heavy atom. The molecule has 0 aliphatic rings. The van der Waals surface area contributed by atoms with Crippen LogP contribution in [0.25, 0.3) is 260 Å². The van der Waals surface area contributed by atoms with E-state index in [2.05, 4.69) is 413 Å². The van der Waals surface area contributed by atoms with Gasteiger partial charge in [-0.25, -0.2) is 24.9 Å². The quantitative estimate of drug-likeness (QED) is 0.0629. The van der Waals surface area contributed by atoms with E-state index in [0.717, 1.165) is 168 Å². The van der Waals surface area contributed by atoms with Gasteiger partial charge in [0.25, 0.3) is 0 Å². The van der Waals surface area contributed by atoms with Crippen LogP contribution in [0.15, 0.2) is 486 Å². The molecule has 28 aromatic rings. The van der Waals surface area contributed by atoms with Crippen LogP contribution in [0.1, 0.15) is 26.3 Å². The van der Waals surface area contributed by atoms with E-state index in [1.54, 1.807) is 12.4 Å². The van der Waals surface area contributed by atoms with E-state index in [0.29, 0.717) is 0 Å². The second-order valence-electron chi connectivity index (χ2n) is 38.0. The monoisotopic (exact) mass is 1870 g/mol. The Kier molecular flexibility index (Phi) is 21.7. The Hall–Kier alpha value is -19.2. The van der Waals surface area contributed by atoms with Crippen molar-refractivity contribution in [2.45, 2.75) is 26.2 Å². The van der Waals surface area contributed by atoms with Gasteiger partial charge in [-0.3, -0.25) is 24.5 Å². The molecule has 0 saturated heterocycles. The van der Waals surface area contributed by atoms with Crippen molar-refractivity contribution in [3.05, 3.63) is 498 Å². The topological polar surface area (TPSA) is 131 Å². The molecule has 28 rings (SSSR count).